The Morgan fingerprint density at radius 2 is 1.75 bits per heavy atom. The Morgan fingerprint density at radius 1 is 1.05 bits per heavy atom. The van der Waals surface area contributed by atoms with Gasteiger partial charge in [-0.15, -0.1) is 15.3 Å². The number of rotatable bonds is 1. The molecule has 20 heavy (non-hydrogen) atoms. The molecule has 0 bridgehead atoms. The smallest absolute Gasteiger partial charge is 0.271 e. The van der Waals surface area contributed by atoms with Crippen molar-refractivity contribution in [2.24, 2.45) is 7.05 Å². The molecule has 0 aliphatic carbocycles. The van der Waals surface area contributed by atoms with Gasteiger partial charge in [-0.1, -0.05) is 12.1 Å². The molecule has 3 aromatic heterocycles. The molecule has 0 fully saturated rings. The molecule has 4 rings (SSSR count). The largest absolute Gasteiger partial charge is 0.311 e. The zero-order valence-corrected chi connectivity index (χ0v) is 11.5. The summed E-state index contributed by atoms with van der Waals surface area (Å²) in [4.78, 5) is 0. The maximum atomic E-state index is 11.7. The molecule has 4 aromatic rings. The molecule has 0 spiro atoms. The molecule has 0 saturated heterocycles. The standard InChI is InChI=1S/C11H10N6O2S/c1-15-7-5-3-4-6-8(7)16-9-12-13-11(20(2,18)19)17(9)14-10(15)16/h3-6H,1-2H3. The molecule has 0 aliphatic heterocycles. The molecule has 0 unspecified atom stereocenters. The second-order valence-electron chi connectivity index (χ2n) is 4.65. The Balaban J connectivity index is 2.29. The first-order chi connectivity index (χ1) is 9.48. The van der Waals surface area contributed by atoms with Crippen molar-refractivity contribution in [1.82, 2.24) is 28.8 Å². The Labute approximate surface area is 113 Å². The summed E-state index contributed by atoms with van der Waals surface area (Å²) in [6.45, 7) is 0. The van der Waals surface area contributed by atoms with Crippen LogP contribution in [0.15, 0.2) is 29.4 Å². The number of sulfone groups is 1. The molecule has 0 saturated carbocycles. The van der Waals surface area contributed by atoms with Crippen LogP contribution in [0, 0.1) is 0 Å². The summed E-state index contributed by atoms with van der Waals surface area (Å²) >= 11 is 0. The van der Waals surface area contributed by atoms with Crippen LogP contribution in [0.2, 0.25) is 0 Å². The monoisotopic (exact) mass is 290 g/mol. The van der Waals surface area contributed by atoms with Crippen LogP contribution in [-0.4, -0.2) is 43.5 Å². The van der Waals surface area contributed by atoms with Crippen LogP contribution in [0.1, 0.15) is 0 Å². The van der Waals surface area contributed by atoms with Gasteiger partial charge < -0.3 is 4.57 Å². The number of nitrogens with zero attached hydrogens (tertiary/aromatic N) is 6. The molecule has 102 valence electrons. The molecule has 0 radical (unpaired) electrons. The number of imidazole rings is 1. The quantitative estimate of drug-likeness (QED) is 0.502. The average Bonchev–Trinajstić information content (AvgIpc) is 3.00. The van der Waals surface area contributed by atoms with E-state index in [0.717, 1.165) is 17.3 Å². The lowest BCUT2D eigenvalue weighted by molar-refractivity contribution is 0.587. The summed E-state index contributed by atoms with van der Waals surface area (Å²) in [5, 5.41) is 11.8. The second kappa shape index (κ2) is 3.37. The van der Waals surface area contributed by atoms with Crippen molar-refractivity contribution < 1.29 is 8.42 Å². The highest BCUT2D eigenvalue weighted by Gasteiger charge is 2.23. The minimum atomic E-state index is -3.47. The number of aromatic nitrogens is 6. The van der Waals surface area contributed by atoms with Gasteiger partial charge in [0.1, 0.15) is 0 Å². The Hall–Kier alpha value is -2.42. The fourth-order valence-electron chi connectivity index (χ4n) is 2.42. The van der Waals surface area contributed by atoms with Crippen molar-refractivity contribution >= 4 is 32.4 Å². The second-order valence-corrected chi connectivity index (χ2v) is 6.56. The molecule has 0 aliphatic rings. The van der Waals surface area contributed by atoms with Crippen LogP contribution < -0.4 is 0 Å². The highest BCUT2D eigenvalue weighted by Crippen LogP contribution is 2.21. The van der Waals surface area contributed by atoms with Crippen LogP contribution in [0.3, 0.4) is 0 Å². The molecule has 0 amide bonds. The summed E-state index contributed by atoms with van der Waals surface area (Å²) < 4.78 is 28.3. The molecular weight excluding hydrogens is 280 g/mol. The molecule has 0 atom stereocenters. The lowest BCUT2D eigenvalue weighted by Crippen LogP contribution is -2.04. The van der Waals surface area contributed by atoms with Crippen molar-refractivity contribution in [3.63, 3.8) is 0 Å². The summed E-state index contributed by atoms with van der Waals surface area (Å²) in [6, 6.07) is 7.74. The van der Waals surface area contributed by atoms with Gasteiger partial charge >= 0.3 is 0 Å². The normalized spacial score (nSPS) is 12.9. The third-order valence-corrected chi connectivity index (χ3v) is 4.22. The summed E-state index contributed by atoms with van der Waals surface area (Å²) in [5.41, 5.74) is 1.89. The minimum Gasteiger partial charge on any atom is -0.311 e. The van der Waals surface area contributed by atoms with Crippen molar-refractivity contribution in [2.75, 3.05) is 6.26 Å². The lowest BCUT2D eigenvalue weighted by Gasteiger charge is -1.94. The first-order valence-corrected chi connectivity index (χ1v) is 7.75. The van der Waals surface area contributed by atoms with E-state index in [2.05, 4.69) is 15.3 Å². The zero-order chi connectivity index (χ0) is 14.1. The van der Waals surface area contributed by atoms with E-state index in [9.17, 15) is 8.42 Å². The molecule has 8 nitrogen and oxygen atoms in total. The van der Waals surface area contributed by atoms with Crippen molar-refractivity contribution in [2.45, 2.75) is 5.16 Å². The van der Waals surface area contributed by atoms with Crippen LogP contribution in [0.5, 0.6) is 0 Å². The number of aryl methyl sites for hydroxylation is 1. The first-order valence-electron chi connectivity index (χ1n) is 5.86. The van der Waals surface area contributed by atoms with E-state index >= 15 is 0 Å². The van der Waals surface area contributed by atoms with Gasteiger partial charge in [0.15, 0.2) is 0 Å². The first kappa shape index (κ1) is 11.4. The van der Waals surface area contributed by atoms with Crippen LogP contribution in [-0.2, 0) is 16.9 Å². The van der Waals surface area contributed by atoms with Crippen LogP contribution >= 0.6 is 0 Å². The number of para-hydroxylation sites is 2. The van der Waals surface area contributed by atoms with E-state index in [1.807, 2.05) is 35.9 Å². The Morgan fingerprint density at radius 3 is 2.45 bits per heavy atom. The van der Waals surface area contributed by atoms with Gasteiger partial charge in [0.2, 0.25) is 15.6 Å². The fraction of sp³-hybridized carbons (Fsp3) is 0.182. The highest BCUT2D eigenvalue weighted by atomic mass is 32.2. The van der Waals surface area contributed by atoms with E-state index < -0.39 is 9.84 Å². The topological polar surface area (TPSA) is 86.6 Å². The van der Waals surface area contributed by atoms with E-state index in [1.54, 1.807) is 4.40 Å². The van der Waals surface area contributed by atoms with Gasteiger partial charge in [-0.3, -0.25) is 0 Å². The zero-order valence-electron chi connectivity index (χ0n) is 10.7. The summed E-state index contributed by atoms with van der Waals surface area (Å²) in [5.74, 6) is 0.998. The maximum absolute atomic E-state index is 11.7. The maximum Gasteiger partial charge on any atom is 0.271 e. The van der Waals surface area contributed by atoms with Gasteiger partial charge in [-0.25, -0.2) is 12.8 Å². The van der Waals surface area contributed by atoms with Gasteiger partial charge in [-0.05, 0) is 12.1 Å². The Kier molecular flexibility index (Phi) is 1.92. The summed E-state index contributed by atoms with van der Waals surface area (Å²) in [7, 11) is -1.60. The van der Waals surface area contributed by atoms with Gasteiger partial charge in [0, 0.05) is 13.3 Å². The van der Waals surface area contributed by atoms with Gasteiger partial charge in [0.05, 0.1) is 11.0 Å². The number of hydrogen-bond donors (Lipinski definition) is 0. The fourth-order valence-corrected chi connectivity index (χ4v) is 3.04. The average molecular weight is 290 g/mol. The van der Waals surface area contributed by atoms with Crippen LogP contribution in [0.25, 0.3) is 22.6 Å². The van der Waals surface area contributed by atoms with Crippen molar-refractivity contribution in [3.8, 4) is 0 Å². The Bertz CT molecular complexity index is 1080. The van der Waals surface area contributed by atoms with E-state index in [4.69, 9.17) is 0 Å². The molecule has 1 aromatic carbocycles. The number of fused-ring (bicyclic) bond motifs is 5. The van der Waals surface area contributed by atoms with Crippen molar-refractivity contribution in [3.05, 3.63) is 24.3 Å². The SMILES string of the molecule is Cn1c2ccccc2n2c1nn1c(S(C)(=O)=O)nnc12. The third-order valence-electron chi connectivity index (χ3n) is 3.30. The molecular formula is C11H10N6O2S. The van der Waals surface area contributed by atoms with E-state index in [-0.39, 0.29) is 5.16 Å². The predicted octanol–water partition coefficient (Wildman–Crippen LogP) is 0.272. The third kappa shape index (κ3) is 1.24. The number of benzene rings is 1. The van der Waals surface area contributed by atoms with Crippen LogP contribution in [0.4, 0.5) is 0 Å². The minimum absolute atomic E-state index is 0.153. The summed E-state index contributed by atoms with van der Waals surface area (Å²) in [6.07, 6.45) is 1.09. The molecule has 0 N–H and O–H groups in total. The van der Waals surface area contributed by atoms with Crippen molar-refractivity contribution in [1.29, 1.82) is 0 Å². The van der Waals surface area contributed by atoms with Gasteiger partial charge in [-0.2, -0.15) is 4.52 Å². The van der Waals surface area contributed by atoms with Gasteiger partial charge in [0.25, 0.3) is 10.9 Å². The lowest BCUT2D eigenvalue weighted by atomic mass is 10.3. The predicted molar refractivity (Wildman–Crippen MR) is 71.3 cm³/mol. The highest BCUT2D eigenvalue weighted by molar-refractivity contribution is 7.90. The molecule has 3 heterocycles. The van der Waals surface area contributed by atoms with E-state index in [0.29, 0.717) is 11.6 Å². The number of hydrogen-bond acceptors (Lipinski definition) is 5. The molecule has 9 heteroatoms. The van der Waals surface area contributed by atoms with E-state index in [1.165, 1.54) is 4.52 Å².